The summed E-state index contributed by atoms with van der Waals surface area (Å²) in [5.74, 6) is -0.457. The number of carbonyl (C=O) groups is 3. The van der Waals surface area contributed by atoms with Crippen LogP contribution in [-0.2, 0) is 20.9 Å². The molecule has 11 heteroatoms. The number of ether oxygens (including phenoxy) is 2. The molecule has 0 spiro atoms. The van der Waals surface area contributed by atoms with Crippen LogP contribution in [-0.4, -0.2) is 35.2 Å². The molecule has 3 rings (SSSR count). The molecule has 1 saturated heterocycles. The predicted molar refractivity (Wildman–Crippen MR) is 141 cm³/mol. The van der Waals surface area contributed by atoms with E-state index in [0.717, 1.165) is 22.2 Å². The standard InChI is InChI=1S/C23H19Br2Cl2NO5S/c1-12(2)10-32-20(29)9-28-22(30)19(34-23(28)31)7-13-5-16(24)21(17(25)6-13)33-11-14-3-4-15(26)8-18(14)27/h3-8,12H,9-11H2,1-2H3/b19-7+. The number of nitrogens with zero attached hydrogens (tertiary/aromatic N) is 1. The van der Waals surface area contributed by atoms with Gasteiger partial charge in [-0.2, -0.15) is 0 Å². The van der Waals surface area contributed by atoms with Crippen LogP contribution in [0.25, 0.3) is 6.08 Å². The van der Waals surface area contributed by atoms with E-state index in [2.05, 4.69) is 31.9 Å². The fourth-order valence-corrected chi connectivity index (χ4v) is 5.56. The third-order valence-electron chi connectivity index (χ3n) is 4.44. The van der Waals surface area contributed by atoms with Gasteiger partial charge in [-0.25, -0.2) is 0 Å². The zero-order valence-electron chi connectivity index (χ0n) is 18.1. The minimum Gasteiger partial charge on any atom is -0.486 e. The van der Waals surface area contributed by atoms with Crippen molar-refractivity contribution in [2.45, 2.75) is 20.5 Å². The van der Waals surface area contributed by atoms with E-state index in [4.69, 9.17) is 32.7 Å². The second-order valence-corrected chi connectivity index (χ2v) is 11.2. The maximum atomic E-state index is 12.7. The summed E-state index contributed by atoms with van der Waals surface area (Å²) >= 11 is 19.9. The molecule has 0 atom stereocenters. The van der Waals surface area contributed by atoms with E-state index in [1.807, 2.05) is 13.8 Å². The van der Waals surface area contributed by atoms with Gasteiger partial charge in [-0.05, 0) is 85.4 Å². The molecule has 0 bridgehead atoms. The lowest BCUT2D eigenvalue weighted by Crippen LogP contribution is -2.34. The molecule has 0 radical (unpaired) electrons. The van der Waals surface area contributed by atoms with Gasteiger partial charge in [0, 0.05) is 15.6 Å². The molecule has 0 N–H and O–H groups in total. The molecule has 0 saturated carbocycles. The zero-order chi connectivity index (χ0) is 25.0. The summed E-state index contributed by atoms with van der Waals surface area (Å²) in [6.45, 7) is 3.83. The fraction of sp³-hybridized carbons (Fsp3) is 0.261. The summed E-state index contributed by atoms with van der Waals surface area (Å²) in [6.07, 6.45) is 1.58. The number of thioether (sulfide) groups is 1. The Morgan fingerprint density at radius 3 is 2.44 bits per heavy atom. The quantitative estimate of drug-likeness (QED) is 0.220. The summed E-state index contributed by atoms with van der Waals surface area (Å²) in [5.41, 5.74) is 1.43. The molecule has 2 aromatic rings. The molecule has 0 aliphatic carbocycles. The van der Waals surface area contributed by atoms with E-state index in [1.54, 1.807) is 36.4 Å². The van der Waals surface area contributed by atoms with Crippen LogP contribution in [0.5, 0.6) is 5.75 Å². The molecule has 1 aliphatic rings. The Morgan fingerprint density at radius 1 is 1.15 bits per heavy atom. The lowest BCUT2D eigenvalue weighted by molar-refractivity contribution is -0.147. The molecule has 2 aromatic carbocycles. The lowest BCUT2D eigenvalue weighted by Gasteiger charge is -2.13. The highest BCUT2D eigenvalue weighted by molar-refractivity contribution is 9.11. The fourth-order valence-electron chi connectivity index (χ4n) is 2.81. The van der Waals surface area contributed by atoms with Gasteiger partial charge in [-0.15, -0.1) is 0 Å². The smallest absolute Gasteiger partial charge is 0.326 e. The van der Waals surface area contributed by atoms with Crippen LogP contribution in [0.3, 0.4) is 0 Å². The number of amides is 2. The Labute approximate surface area is 228 Å². The third kappa shape index (κ3) is 7.01. The Bertz CT molecular complexity index is 1150. The maximum Gasteiger partial charge on any atom is 0.326 e. The summed E-state index contributed by atoms with van der Waals surface area (Å²) < 4.78 is 12.3. The van der Waals surface area contributed by atoms with Crippen molar-refractivity contribution >= 4 is 90.0 Å². The van der Waals surface area contributed by atoms with Gasteiger partial charge in [-0.3, -0.25) is 19.3 Å². The van der Waals surface area contributed by atoms with Gasteiger partial charge >= 0.3 is 5.97 Å². The second kappa shape index (κ2) is 11.9. The van der Waals surface area contributed by atoms with Gasteiger partial charge in [0.05, 0.1) is 20.5 Å². The number of imide groups is 1. The first kappa shape index (κ1) is 27.1. The van der Waals surface area contributed by atoms with Crippen molar-refractivity contribution in [1.82, 2.24) is 4.90 Å². The summed E-state index contributed by atoms with van der Waals surface area (Å²) in [6, 6.07) is 8.68. The van der Waals surface area contributed by atoms with Crippen molar-refractivity contribution in [3.05, 3.63) is 65.4 Å². The summed E-state index contributed by atoms with van der Waals surface area (Å²) in [4.78, 5) is 38.0. The Hall–Kier alpha value is -1.52. The van der Waals surface area contributed by atoms with E-state index < -0.39 is 23.7 Å². The highest BCUT2D eigenvalue weighted by atomic mass is 79.9. The summed E-state index contributed by atoms with van der Waals surface area (Å²) in [5, 5.41) is 0.521. The Kier molecular flexibility index (Phi) is 9.51. The van der Waals surface area contributed by atoms with E-state index in [0.29, 0.717) is 30.3 Å². The van der Waals surface area contributed by atoms with Crippen LogP contribution in [0.1, 0.15) is 25.0 Å². The molecular weight excluding hydrogens is 633 g/mol. The molecule has 180 valence electrons. The number of benzene rings is 2. The van der Waals surface area contributed by atoms with Crippen LogP contribution >= 0.6 is 66.8 Å². The first-order valence-corrected chi connectivity index (χ1v) is 13.2. The predicted octanol–water partition coefficient (Wildman–Crippen LogP) is 7.33. The van der Waals surface area contributed by atoms with Crippen molar-refractivity contribution in [2.75, 3.05) is 13.2 Å². The number of carbonyl (C=O) groups excluding carboxylic acids is 3. The van der Waals surface area contributed by atoms with Crippen LogP contribution < -0.4 is 4.74 Å². The monoisotopic (exact) mass is 649 g/mol. The third-order valence-corrected chi connectivity index (χ3v) is 7.12. The van der Waals surface area contributed by atoms with Crippen molar-refractivity contribution in [1.29, 1.82) is 0 Å². The van der Waals surface area contributed by atoms with Crippen LogP contribution in [0.2, 0.25) is 10.0 Å². The molecule has 0 unspecified atom stereocenters. The highest BCUT2D eigenvalue weighted by Crippen LogP contribution is 2.38. The zero-order valence-corrected chi connectivity index (χ0v) is 23.6. The van der Waals surface area contributed by atoms with Crippen LogP contribution in [0.4, 0.5) is 4.79 Å². The second-order valence-electron chi connectivity index (χ2n) is 7.68. The summed E-state index contributed by atoms with van der Waals surface area (Å²) in [7, 11) is 0. The van der Waals surface area contributed by atoms with E-state index in [9.17, 15) is 14.4 Å². The lowest BCUT2D eigenvalue weighted by atomic mass is 10.2. The average Bonchev–Trinajstić information content (AvgIpc) is 3.00. The van der Waals surface area contributed by atoms with Gasteiger partial charge < -0.3 is 9.47 Å². The first-order valence-electron chi connectivity index (χ1n) is 10.0. The van der Waals surface area contributed by atoms with Gasteiger partial charge in [-0.1, -0.05) is 43.1 Å². The van der Waals surface area contributed by atoms with Crippen molar-refractivity contribution in [3.63, 3.8) is 0 Å². The molecule has 1 heterocycles. The number of rotatable bonds is 8. The minimum atomic E-state index is -0.620. The largest absolute Gasteiger partial charge is 0.486 e. The maximum absolute atomic E-state index is 12.7. The molecular formula is C23H19Br2Cl2NO5S. The molecule has 1 fully saturated rings. The average molecular weight is 652 g/mol. The molecule has 34 heavy (non-hydrogen) atoms. The van der Waals surface area contributed by atoms with Gasteiger partial charge in [0.15, 0.2) is 0 Å². The molecule has 1 aliphatic heterocycles. The van der Waals surface area contributed by atoms with Crippen molar-refractivity contribution in [3.8, 4) is 5.75 Å². The van der Waals surface area contributed by atoms with Crippen molar-refractivity contribution in [2.24, 2.45) is 5.92 Å². The molecule has 2 amide bonds. The Morgan fingerprint density at radius 2 is 1.82 bits per heavy atom. The number of esters is 1. The minimum absolute atomic E-state index is 0.158. The number of hydrogen-bond acceptors (Lipinski definition) is 6. The normalized spacial score (nSPS) is 14.9. The SMILES string of the molecule is CC(C)COC(=O)CN1C(=O)S/C(=C/c2cc(Br)c(OCc3ccc(Cl)cc3Cl)c(Br)c2)C1=O. The molecule has 6 nitrogen and oxygen atoms in total. The van der Waals surface area contributed by atoms with E-state index in [-0.39, 0.29) is 24.0 Å². The van der Waals surface area contributed by atoms with Gasteiger partial charge in [0.25, 0.3) is 11.1 Å². The van der Waals surface area contributed by atoms with Crippen LogP contribution in [0.15, 0.2) is 44.2 Å². The van der Waals surface area contributed by atoms with Gasteiger partial charge in [0.1, 0.15) is 18.9 Å². The van der Waals surface area contributed by atoms with E-state index >= 15 is 0 Å². The Balaban J connectivity index is 1.71. The number of halogens is 4. The van der Waals surface area contributed by atoms with Crippen molar-refractivity contribution < 1.29 is 23.9 Å². The number of hydrogen-bond donors (Lipinski definition) is 0. The van der Waals surface area contributed by atoms with Gasteiger partial charge in [0.2, 0.25) is 0 Å². The highest BCUT2D eigenvalue weighted by Gasteiger charge is 2.36. The molecule has 0 aromatic heterocycles. The first-order chi connectivity index (χ1) is 16.0. The van der Waals surface area contributed by atoms with Crippen LogP contribution in [0, 0.1) is 5.92 Å². The topological polar surface area (TPSA) is 72.9 Å². The van der Waals surface area contributed by atoms with E-state index in [1.165, 1.54) is 0 Å².